The van der Waals surface area contributed by atoms with Gasteiger partial charge in [0.1, 0.15) is 5.92 Å². The van der Waals surface area contributed by atoms with Gasteiger partial charge in [-0.1, -0.05) is 6.92 Å². The van der Waals surface area contributed by atoms with Crippen LogP contribution in [0.15, 0.2) is 0 Å². The molecule has 1 amide bonds. The summed E-state index contributed by atoms with van der Waals surface area (Å²) in [6.07, 6.45) is 1.80. The van der Waals surface area contributed by atoms with Crippen molar-refractivity contribution in [3.63, 3.8) is 0 Å². The topological polar surface area (TPSA) is 75.6 Å². The number of amides is 1. The molecule has 1 fully saturated rings. The molecule has 0 saturated carbocycles. The van der Waals surface area contributed by atoms with Gasteiger partial charge in [-0.2, -0.15) is 0 Å². The van der Waals surface area contributed by atoms with E-state index < -0.39 is 17.8 Å². The van der Waals surface area contributed by atoms with Gasteiger partial charge >= 0.3 is 5.97 Å². The van der Waals surface area contributed by atoms with Crippen molar-refractivity contribution in [3.05, 3.63) is 0 Å². The van der Waals surface area contributed by atoms with E-state index in [-0.39, 0.29) is 5.41 Å². The lowest BCUT2D eigenvalue weighted by Gasteiger charge is -2.33. The highest BCUT2D eigenvalue weighted by Crippen LogP contribution is 2.28. The standard InChI is InChI=1S/C11H19NO4/c1-8(10(14)15)9(13)12-7-11(2)3-5-16-6-4-11/h8H,3-7H2,1-2H3,(H,12,13)(H,14,15). The lowest BCUT2D eigenvalue weighted by molar-refractivity contribution is -0.146. The highest BCUT2D eigenvalue weighted by molar-refractivity contribution is 5.96. The van der Waals surface area contributed by atoms with Crippen LogP contribution in [0, 0.1) is 11.3 Å². The van der Waals surface area contributed by atoms with Crippen molar-refractivity contribution in [1.82, 2.24) is 5.32 Å². The van der Waals surface area contributed by atoms with E-state index in [9.17, 15) is 9.59 Å². The van der Waals surface area contributed by atoms with E-state index in [1.807, 2.05) is 0 Å². The minimum absolute atomic E-state index is 0.0339. The number of rotatable bonds is 4. The summed E-state index contributed by atoms with van der Waals surface area (Å²) in [5, 5.41) is 11.4. The van der Waals surface area contributed by atoms with Crippen molar-refractivity contribution in [2.24, 2.45) is 11.3 Å². The number of carbonyl (C=O) groups is 2. The molecule has 16 heavy (non-hydrogen) atoms. The molecule has 0 radical (unpaired) electrons. The fourth-order valence-corrected chi connectivity index (χ4v) is 1.61. The third-order valence-electron chi connectivity index (χ3n) is 3.15. The number of aliphatic carboxylic acids is 1. The maximum absolute atomic E-state index is 11.4. The Balaban J connectivity index is 2.38. The normalized spacial score (nSPS) is 21.1. The van der Waals surface area contributed by atoms with E-state index in [1.165, 1.54) is 6.92 Å². The average Bonchev–Trinajstić information content (AvgIpc) is 2.26. The van der Waals surface area contributed by atoms with Gasteiger partial charge in [0.25, 0.3) is 0 Å². The van der Waals surface area contributed by atoms with Crippen LogP contribution in [0.4, 0.5) is 0 Å². The molecule has 2 N–H and O–H groups in total. The molecule has 1 unspecified atom stereocenters. The van der Waals surface area contributed by atoms with Crippen LogP contribution in [-0.4, -0.2) is 36.7 Å². The van der Waals surface area contributed by atoms with Crippen LogP contribution in [0.25, 0.3) is 0 Å². The molecule has 1 aliphatic rings. The molecule has 0 spiro atoms. The van der Waals surface area contributed by atoms with Gasteiger partial charge in [0, 0.05) is 19.8 Å². The van der Waals surface area contributed by atoms with Crippen molar-refractivity contribution >= 4 is 11.9 Å². The maximum atomic E-state index is 11.4. The minimum Gasteiger partial charge on any atom is -0.481 e. The van der Waals surface area contributed by atoms with Crippen molar-refractivity contribution in [3.8, 4) is 0 Å². The second-order valence-electron chi connectivity index (χ2n) is 4.70. The van der Waals surface area contributed by atoms with Crippen LogP contribution in [-0.2, 0) is 14.3 Å². The molecule has 92 valence electrons. The SMILES string of the molecule is CC(C(=O)O)C(=O)NCC1(C)CCOCC1. The van der Waals surface area contributed by atoms with E-state index in [4.69, 9.17) is 9.84 Å². The molecule has 0 aromatic heterocycles. The van der Waals surface area contributed by atoms with Gasteiger partial charge in [0.15, 0.2) is 0 Å². The Morgan fingerprint density at radius 2 is 2.00 bits per heavy atom. The number of carboxylic acid groups (broad SMARTS) is 1. The predicted molar refractivity (Wildman–Crippen MR) is 58.0 cm³/mol. The van der Waals surface area contributed by atoms with E-state index in [2.05, 4.69) is 12.2 Å². The zero-order valence-electron chi connectivity index (χ0n) is 9.78. The summed E-state index contributed by atoms with van der Waals surface area (Å²) in [7, 11) is 0. The molecule has 1 heterocycles. The number of nitrogens with one attached hydrogen (secondary N) is 1. The first-order valence-electron chi connectivity index (χ1n) is 5.53. The summed E-state index contributed by atoms with van der Waals surface area (Å²) in [4.78, 5) is 22.0. The van der Waals surface area contributed by atoms with Crippen LogP contribution in [0.3, 0.4) is 0 Å². The Bertz CT molecular complexity index is 271. The highest BCUT2D eigenvalue weighted by atomic mass is 16.5. The third kappa shape index (κ3) is 3.48. The lowest BCUT2D eigenvalue weighted by Crippen LogP contribution is -2.42. The average molecular weight is 229 g/mol. The Morgan fingerprint density at radius 3 is 2.50 bits per heavy atom. The van der Waals surface area contributed by atoms with Crippen LogP contribution in [0.5, 0.6) is 0 Å². The van der Waals surface area contributed by atoms with E-state index >= 15 is 0 Å². The molecular weight excluding hydrogens is 210 g/mol. The van der Waals surface area contributed by atoms with Gasteiger partial charge in [-0.25, -0.2) is 0 Å². The van der Waals surface area contributed by atoms with Crippen LogP contribution < -0.4 is 5.32 Å². The molecule has 1 atom stereocenters. The summed E-state index contributed by atoms with van der Waals surface area (Å²) in [5.41, 5.74) is 0.0339. The smallest absolute Gasteiger partial charge is 0.315 e. The first kappa shape index (κ1) is 13.0. The van der Waals surface area contributed by atoms with Crippen LogP contribution >= 0.6 is 0 Å². The first-order valence-corrected chi connectivity index (χ1v) is 5.53. The third-order valence-corrected chi connectivity index (χ3v) is 3.15. The van der Waals surface area contributed by atoms with Gasteiger partial charge in [-0.05, 0) is 25.2 Å². The number of carbonyl (C=O) groups excluding carboxylic acids is 1. The van der Waals surface area contributed by atoms with Gasteiger partial charge in [0.05, 0.1) is 0 Å². The molecule has 5 nitrogen and oxygen atoms in total. The van der Waals surface area contributed by atoms with Crippen molar-refractivity contribution in [2.75, 3.05) is 19.8 Å². The molecule has 0 aliphatic carbocycles. The summed E-state index contributed by atoms with van der Waals surface area (Å²) >= 11 is 0. The molecule has 0 bridgehead atoms. The fourth-order valence-electron chi connectivity index (χ4n) is 1.61. The van der Waals surface area contributed by atoms with Crippen LogP contribution in [0.2, 0.25) is 0 Å². The van der Waals surface area contributed by atoms with E-state index in [0.29, 0.717) is 19.8 Å². The number of ether oxygens (including phenoxy) is 1. The van der Waals surface area contributed by atoms with Gasteiger partial charge in [0.2, 0.25) is 5.91 Å². The van der Waals surface area contributed by atoms with Gasteiger partial charge in [-0.15, -0.1) is 0 Å². The summed E-state index contributed by atoms with van der Waals surface area (Å²) in [5.74, 6) is -2.49. The molecule has 0 aromatic carbocycles. The van der Waals surface area contributed by atoms with Crippen LogP contribution in [0.1, 0.15) is 26.7 Å². The van der Waals surface area contributed by atoms with Gasteiger partial charge in [-0.3, -0.25) is 9.59 Å². The monoisotopic (exact) mass is 229 g/mol. The van der Waals surface area contributed by atoms with Crippen molar-refractivity contribution in [2.45, 2.75) is 26.7 Å². The predicted octanol–water partition coefficient (Wildman–Crippen LogP) is 0.640. The molecule has 1 saturated heterocycles. The molecule has 5 heteroatoms. The second-order valence-corrected chi connectivity index (χ2v) is 4.70. The summed E-state index contributed by atoms with van der Waals surface area (Å²) < 4.78 is 5.25. The molecular formula is C11H19NO4. The number of hydrogen-bond donors (Lipinski definition) is 2. The molecule has 1 rings (SSSR count). The Kier molecular flexibility index (Phi) is 4.29. The summed E-state index contributed by atoms with van der Waals surface area (Å²) in [6.45, 7) is 5.42. The number of carboxylic acids is 1. The zero-order chi connectivity index (χ0) is 12.2. The number of hydrogen-bond acceptors (Lipinski definition) is 3. The lowest BCUT2D eigenvalue weighted by atomic mass is 9.82. The largest absolute Gasteiger partial charge is 0.481 e. The van der Waals surface area contributed by atoms with Crippen molar-refractivity contribution < 1.29 is 19.4 Å². The Hall–Kier alpha value is -1.10. The van der Waals surface area contributed by atoms with E-state index in [1.54, 1.807) is 0 Å². The molecule has 0 aromatic rings. The van der Waals surface area contributed by atoms with Crippen molar-refractivity contribution in [1.29, 1.82) is 0 Å². The van der Waals surface area contributed by atoms with E-state index in [0.717, 1.165) is 12.8 Å². The summed E-state index contributed by atoms with van der Waals surface area (Å²) in [6, 6.07) is 0. The quantitative estimate of drug-likeness (QED) is 0.694. The van der Waals surface area contributed by atoms with Gasteiger partial charge < -0.3 is 15.2 Å². The Morgan fingerprint density at radius 1 is 1.44 bits per heavy atom. The maximum Gasteiger partial charge on any atom is 0.315 e. The Labute approximate surface area is 95.2 Å². The first-order chi connectivity index (χ1) is 7.44. The highest BCUT2D eigenvalue weighted by Gasteiger charge is 2.29. The second kappa shape index (κ2) is 5.30. The fraction of sp³-hybridized carbons (Fsp3) is 0.818. The molecule has 1 aliphatic heterocycles. The zero-order valence-corrected chi connectivity index (χ0v) is 9.78. The minimum atomic E-state index is -1.09.